The molecule has 0 N–H and O–H groups in total. The van der Waals surface area contributed by atoms with E-state index >= 15 is 0 Å². The summed E-state index contributed by atoms with van der Waals surface area (Å²) < 4.78 is 0. The summed E-state index contributed by atoms with van der Waals surface area (Å²) in [5.74, 6) is 0.210. The van der Waals surface area contributed by atoms with E-state index in [-0.39, 0.29) is 5.92 Å². The molecule has 0 saturated carbocycles. The molecular weight excluding hydrogens is 348 g/mol. The summed E-state index contributed by atoms with van der Waals surface area (Å²) in [5, 5.41) is 8.05. The van der Waals surface area contributed by atoms with Crippen LogP contribution in [-0.2, 0) is 0 Å². The van der Waals surface area contributed by atoms with Gasteiger partial charge in [-0.1, -0.05) is 115 Å². The van der Waals surface area contributed by atoms with Crippen LogP contribution in [0.25, 0.3) is 32.3 Å². The molecule has 0 atom stereocenters. The van der Waals surface area contributed by atoms with Crippen LogP contribution in [0.1, 0.15) is 22.6 Å². The monoisotopic (exact) mass is 368 g/mol. The minimum Gasteiger partial charge on any atom is -0.0622 e. The van der Waals surface area contributed by atoms with Crippen LogP contribution in [0.15, 0.2) is 115 Å². The van der Waals surface area contributed by atoms with Crippen molar-refractivity contribution in [3.05, 3.63) is 132 Å². The van der Waals surface area contributed by atoms with E-state index in [0.717, 1.165) is 0 Å². The minimum atomic E-state index is 0.210. The maximum Gasteiger partial charge on any atom is 0.0346 e. The predicted octanol–water partition coefficient (Wildman–Crippen LogP) is 7.76. The molecule has 0 fully saturated rings. The van der Waals surface area contributed by atoms with Crippen molar-refractivity contribution in [2.45, 2.75) is 5.92 Å². The highest BCUT2D eigenvalue weighted by molar-refractivity contribution is 6.23. The lowest BCUT2D eigenvalue weighted by Gasteiger charge is -2.22. The summed E-state index contributed by atoms with van der Waals surface area (Å²) >= 11 is 0. The maximum atomic E-state index is 2.33. The van der Waals surface area contributed by atoms with Crippen LogP contribution in [0.3, 0.4) is 0 Å². The Labute approximate surface area is 170 Å². The van der Waals surface area contributed by atoms with Crippen LogP contribution in [0, 0.1) is 0 Å². The first-order chi connectivity index (χ1) is 14.4. The first-order valence-corrected chi connectivity index (χ1v) is 10.2. The van der Waals surface area contributed by atoms with Crippen molar-refractivity contribution in [3.63, 3.8) is 0 Å². The quantitative estimate of drug-likeness (QED) is 0.221. The number of benzene rings is 6. The van der Waals surface area contributed by atoms with E-state index in [1.165, 1.54) is 49.0 Å². The van der Waals surface area contributed by atoms with Crippen molar-refractivity contribution in [2.24, 2.45) is 0 Å². The Morgan fingerprint density at radius 2 is 0.897 bits per heavy atom. The molecule has 0 nitrogen and oxygen atoms in total. The molecule has 0 heterocycles. The van der Waals surface area contributed by atoms with Gasteiger partial charge >= 0.3 is 0 Å². The lowest BCUT2D eigenvalue weighted by Crippen LogP contribution is -2.04. The van der Waals surface area contributed by atoms with Crippen molar-refractivity contribution < 1.29 is 0 Å². The molecule has 0 aromatic heterocycles. The molecule has 0 bridgehead atoms. The zero-order valence-electron chi connectivity index (χ0n) is 16.0. The summed E-state index contributed by atoms with van der Waals surface area (Å²) in [5.41, 5.74) is 4.02. The van der Waals surface area contributed by atoms with Crippen LogP contribution in [0.2, 0.25) is 0 Å². The summed E-state index contributed by atoms with van der Waals surface area (Å²) in [4.78, 5) is 0. The zero-order chi connectivity index (χ0) is 19.2. The molecule has 0 amide bonds. The Hall–Kier alpha value is -3.64. The number of rotatable bonds is 3. The molecular formula is C29H20. The molecule has 6 aromatic carbocycles. The third-order valence-corrected chi connectivity index (χ3v) is 6.14. The van der Waals surface area contributed by atoms with Gasteiger partial charge < -0.3 is 0 Å². The van der Waals surface area contributed by atoms with Crippen LogP contribution in [0.5, 0.6) is 0 Å². The molecule has 0 radical (unpaired) electrons. The van der Waals surface area contributed by atoms with Gasteiger partial charge in [-0.15, -0.1) is 0 Å². The number of hydrogen-bond acceptors (Lipinski definition) is 0. The predicted molar refractivity (Wildman–Crippen MR) is 124 cm³/mol. The summed E-state index contributed by atoms with van der Waals surface area (Å²) in [6, 6.07) is 42.0. The Morgan fingerprint density at radius 3 is 1.52 bits per heavy atom. The maximum absolute atomic E-state index is 2.33. The molecule has 0 unspecified atom stereocenters. The zero-order valence-corrected chi connectivity index (χ0v) is 16.0. The summed E-state index contributed by atoms with van der Waals surface area (Å²) in [6.45, 7) is 0. The fraction of sp³-hybridized carbons (Fsp3) is 0.0345. The lowest BCUT2D eigenvalue weighted by molar-refractivity contribution is 0.990. The largest absolute Gasteiger partial charge is 0.0622 e. The fourth-order valence-corrected chi connectivity index (χ4v) is 4.85. The molecule has 0 heteroatoms. The second-order valence-corrected chi connectivity index (χ2v) is 7.77. The lowest BCUT2D eigenvalue weighted by atomic mass is 9.81. The van der Waals surface area contributed by atoms with E-state index in [1.807, 2.05) is 0 Å². The average molecular weight is 368 g/mol. The first kappa shape index (κ1) is 16.3. The van der Waals surface area contributed by atoms with Crippen molar-refractivity contribution in [1.82, 2.24) is 0 Å². The molecule has 6 rings (SSSR count). The van der Waals surface area contributed by atoms with Crippen molar-refractivity contribution in [3.8, 4) is 0 Å². The molecule has 0 aliphatic carbocycles. The molecule has 29 heavy (non-hydrogen) atoms. The third-order valence-electron chi connectivity index (χ3n) is 6.14. The van der Waals surface area contributed by atoms with Gasteiger partial charge in [-0.25, -0.2) is 0 Å². The molecule has 0 spiro atoms. The molecule has 0 aliphatic rings. The fourth-order valence-electron chi connectivity index (χ4n) is 4.85. The van der Waals surface area contributed by atoms with Gasteiger partial charge in [0.05, 0.1) is 0 Å². The Balaban J connectivity index is 1.72. The topological polar surface area (TPSA) is 0 Å². The molecule has 136 valence electrons. The van der Waals surface area contributed by atoms with E-state index in [4.69, 9.17) is 0 Å². The number of hydrogen-bond donors (Lipinski definition) is 0. The van der Waals surface area contributed by atoms with Crippen LogP contribution in [-0.4, -0.2) is 0 Å². The van der Waals surface area contributed by atoms with E-state index in [0.29, 0.717) is 0 Å². The second-order valence-electron chi connectivity index (χ2n) is 7.77. The standard InChI is InChI=1S/C29H20/c1-3-8-20(9-4-1)27(21-10-5-2-6-11-21)25-18-17-24-15-14-22-12-7-13-23-16-19-26(25)29(24)28(22)23/h1-19,27H. The van der Waals surface area contributed by atoms with Crippen molar-refractivity contribution in [1.29, 1.82) is 0 Å². The van der Waals surface area contributed by atoms with Crippen LogP contribution >= 0.6 is 0 Å². The average Bonchev–Trinajstić information content (AvgIpc) is 2.80. The Morgan fingerprint density at radius 1 is 0.379 bits per heavy atom. The van der Waals surface area contributed by atoms with E-state index in [1.54, 1.807) is 0 Å². The summed E-state index contributed by atoms with van der Waals surface area (Å²) in [7, 11) is 0. The van der Waals surface area contributed by atoms with E-state index < -0.39 is 0 Å². The molecule has 0 aliphatic heterocycles. The van der Waals surface area contributed by atoms with Crippen molar-refractivity contribution >= 4 is 32.3 Å². The molecule has 0 saturated heterocycles. The summed E-state index contributed by atoms with van der Waals surface area (Å²) in [6.07, 6.45) is 0. The van der Waals surface area contributed by atoms with Gasteiger partial charge in [-0.2, -0.15) is 0 Å². The van der Waals surface area contributed by atoms with Gasteiger partial charge in [0.2, 0.25) is 0 Å². The normalized spacial score (nSPS) is 11.8. The van der Waals surface area contributed by atoms with Crippen molar-refractivity contribution in [2.75, 3.05) is 0 Å². The highest BCUT2D eigenvalue weighted by Gasteiger charge is 2.20. The Bertz CT molecular complexity index is 1370. The van der Waals surface area contributed by atoms with Crippen LogP contribution < -0.4 is 0 Å². The van der Waals surface area contributed by atoms with Gasteiger partial charge in [0.25, 0.3) is 0 Å². The van der Waals surface area contributed by atoms with E-state index in [9.17, 15) is 0 Å². The second kappa shape index (κ2) is 6.46. The van der Waals surface area contributed by atoms with E-state index in [2.05, 4.69) is 115 Å². The van der Waals surface area contributed by atoms with Gasteiger partial charge in [-0.3, -0.25) is 0 Å². The SMILES string of the molecule is c1ccc(C(c2ccccc2)c2ccc3ccc4cccc5ccc2c3c45)cc1. The molecule has 6 aromatic rings. The highest BCUT2D eigenvalue weighted by Crippen LogP contribution is 2.41. The van der Waals surface area contributed by atoms with Gasteiger partial charge in [0, 0.05) is 5.92 Å². The van der Waals surface area contributed by atoms with Crippen LogP contribution in [0.4, 0.5) is 0 Å². The smallest absolute Gasteiger partial charge is 0.0346 e. The van der Waals surface area contributed by atoms with Gasteiger partial charge in [-0.05, 0) is 49.0 Å². The Kier molecular flexibility index (Phi) is 3.64. The first-order valence-electron chi connectivity index (χ1n) is 10.2. The third kappa shape index (κ3) is 2.53. The minimum absolute atomic E-state index is 0.210. The highest BCUT2D eigenvalue weighted by atomic mass is 14.2. The van der Waals surface area contributed by atoms with Gasteiger partial charge in [0.1, 0.15) is 0 Å². The van der Waals surface area contributed by atoms with Gasteiger partial charge in [0.15, 0.2) is 0 Å².